The van der Waals surface area contributed by atoms with Crippen LogP contribution >= 0.6 is 0 Å². The molecule has 0 amide bonds. The van der Waals surface area contributed by atoms with Gasteiger partial charge in [-0.25, -0.2) is 4.79 Å². The van der Waals surface area contributed by atoms with Crippen LogP contribution in [0, 0.1) is 56.7 Å². The van der Waals surface area contributed by atoms with Gasteiger partial charge in [0.2, 0.25) is 0 Å². The van der Waals surface area contributed by atoms with E-state index in [2.05, 4.69) is 39.8 Å². The minimum Gasteiger partial charge on any atom is -0.469 e. The number of rotatable bonds is 5. The number of nitrogens with zero attached hydrogens (tertiary/aromatic N) is 1. The topological polar surface area (TPSA) is 91.3 Å². The number of carbonyl (C=O) groups excluding carboxylic acids is 3. The first-order valence-electron chi connectivity index (χ1n) is 16.6. The van der Waals surface area contributed by atoms with Gasteiger partial charge in [-0.1, -0.05) is 46.7 Å². The zero-order chi connectivity index (χ0) is 30.9. The number of hydrogen-bond acceptors (Lipinski definition) is 7. The normalized spacial score (nSPS) is 45.9. The average molecular weight is 586 g/mol. The lowest BCUT2D eigenvalue weighted by atomic mass is 9.32. The molecule has 0 aromatic heterocycles. The highest BCUT2D eigenvalue weighted by molar-refractivity contribution is 5.88. The Morgan fingerprint density at radius 2 is 1.52 bits per heavy atom. The van der Waals surface area contributed by atoms with Gasteiger partial charge in [0.15, 0.2) is 0 Å². The molecule has 42 heavy (non-hydrogen) atoms. The number of carbonyl (C=O) groups is 3. The molecule has 0 aliphatic heterocycles. The number of oxime groups is 1. The van der Waals surface area contributed by atoms with E-state index in [9.17, 15) is 14.4 Å². The predicted octanol–water partition coefficient (Wildman–Crippen LogP) is 7.50. The van der Waals surface area contributed by atoms with E-state index in [1.807, 2.05) is 6.92 Å². The van der Waals surface area contributed by atoms with Crippen molar-refractivity contribution in [2.45, 2.75) is 132 Å². The van der Waals surface area contributed by atoms with E-state index >= 15 is 0 Å². The Labute approximate surface area is 253 Å². The number of hydrogen-bond donors (Lipinski definition) is 0. The van der Waals surface area contributed by atoms with Crippen molar-refractivity contribution in [3.63, 3.8) is 0 Å². The van der Waals surface area contributed by atoms with Crippen molar-refractivity contribution in [3.05, 3.63) is 0 Å². The van der Waals surface area contributed by atoms with Crippen LogP contribution in [0.5, 0.6) is 0 Å². The molecular formula is C35H55NO6. The van der Waals surface area contributed by atoms with Crippen molar-refractivity contribution in [2.75, 3.05) is 7.11 Å². The minimum absolute atomic E-state index is 0.0250. The molecule has 0 saturated heterocycles. The molecule has 5 aliphatic rings. The third-order valence-electron chi connectivity index (χ3n) is 14.4. The van der Waals surface area contributed by atoms with Gasteiger partial charge in [-0.05, 0) is 111 Å². The second-order valence-electron chi connectivity index (χ2n) is 16.0. The van der Waals surface area contributed by atoms with Crippen molar-refractivity contribution in [3.8, 4) is 0 Å². The molecule has 5 fully saturated rings. The molecule has 5 saturated carbocycles. The molecule has 5 aliphatic carbocycles. The summed E-state index contributed by atoms with van der Waals surface area (Å²) in [6.07, 6.45) is 10.4. The molecule has 0 unspecified atom stereocenters. The van der Waals surface area contributed by atoms with Gasteiger partial charge in [0.25, 0.3) is 0 Å². The predicted molar refractivity (Wildman–Crippen MR) is 161 cm³/mol. The van der Waals surface area contributed by atoms with Gasteiger partial charge in [0.1, 0.15) is 6.10 Å². The number of ether oxygens (including phenoxy) is 2. The van der Waals surface area contributed by atoms with E-state index < -0.39 is 5.41 Å². The van der Waals surface area contributed by atoms with Crippen molar-refractivity contribution in [1.29, 1.82) is 0 Å². The Hall–Kier alpha value is -1.92. The van der Waals surface area contributed by atoms with Crippen LogP contribution in [0.3, 0.4) is 0 Å². The first kappa shape index (κ1) is 31.5. The van der Waals surface area contributed by atoms with Crippen LogP contribution in [0.4, 0.5) is 0 Å². The highest BCUT2D eigenvalue weighted by Crippen LogP contribution is 2.77. The summed E-state index contributed by atoms with van der Waals surface area (Å²) in [6.45, 7) is 17.6. The molecule has 0 aromatic rings. The lowest BCUT2D eigenvalue weighted by Gasteiger charge is -2.72. The van der Waals surface area contributed by atoms with E-state index in [0.29, 0.717) is 17.8 Å². The Morgan fingerprint density at radius 3 is 2.17 bits per heavy atom. The maximum atomic E-state index is 13.6. The summed E-state index contributed by atoms with van der Waals surface area (Å²) in [5.41, 5.74) is 0.671. The zero-order valence-corrected chi connectivity index (χ0v) is 27.6. The second kappa shape index (κ2) is 10.6. The van der Waals surface area contributed by atoms with Gasteiger partial charge in [0.05, 0.1) is 18.2 Å². The van der Waals surface area contributed by atoms with Gasteiger partial charge in [-0.3, -0.25) is 9.59 Å². The van der Waals surface area contributed by atoms with Gasteiger partial charge < -0.3 is 14.3 Å². The van der Waals surface area contributed by atoms with Crippen LogP contribution in [0.1, 0.15) is 126 Å². The highest BCUT2D eigenvalue weighted by Gasteiger charge is 2.72. The number of fused-ring (bicyclic) bond motifs is 7. The summed E-state index contributed by atoms with van der Waals surface area (Å²) in [6, 6.07) is 0. The summed E-state index contributed by atoms with van der Waals surface area (Å²) in [5.74, 6) is 1.12. The summed E-state index contributed by atoms with van der Waals surface area (Å²) in [4.78, 5) is 42.8. The monoisotopic (exact) mass is 585 g/mol. The van der Waals surface area contributed by atoms with E-state index in [4.69, 9.17) is 14.3 Å². The van der Waals surface area contributed by atoms with E-state index in [1.165, 1.54) is 14.0 Å². The van der Waals surface area contributed by atoms with Crippen LogP contribution in [-0.4, -0.2) is 36.8 Å². The molecule has 0 radical (unpaired) electrons. The third-order valence-corrected chi connectivity index (χ3v) is 14.4. The Morgan fingerprint density at radius 1 is 0.810 bits per heavy atom. The van der Waals surface area contributed by atoms with Gasteiger partial charge >= 0.3 is 17.9 Å². The first-order valence-corrected chi connectivity index (χ1v) is 16.6. The average Bonchev–Trinajstić information content (AvgIpc) is 3.34. The fourth-order valence-corrected chi connectivity index (χ4v) is 12.3. The van der Waals surface area contributed by atoms with Crippen LogP contribution < -0.4 is 0 Å². The third kappa shape index (κ3) is 4.32. The molecule has 10 atom stereocenters. The molecule has 7 nitrogen and oxygen atoms in total. The maximum Gasteiger partial charge on any atom is 0.334 e. The molecule has 7 heteroatoms. The summed E-state index contributed by atoms with van der Waals surface area (Å²) in [5, 5.41) is 4.33. The van der Waals surface area contributed by atoms with E-state index in [-0.39, 0.29) is 63.9 Å². The molecule has 0 heterocycles. The van der Waals surface area contributed by atoms with Crippen LogP contribution in [-0.2, 0) is 28.7 Å². The van der Waals surface area contributed by atoms with Crippen LogP contribution in [0.25, 0.3) is 0 Å². The Kier molecular flexibility index (Phi) is 7.96. The molecule has 236 valence electrons. The molecule has 0 N–H and O–H groups in total. The van der Waals surface area contributed by atoms with Crippen LogP contribution in [0.2, 0.25) is 0 Å². The minimum atomic E-state index is -0.497. The Bertz CT molecular complexity index is 1150. The lowest BCUT2D eigenvalue weighted by molar-refractivity contribution is -0.250. The standard InChI is InChI=1S/C35H55NO6/c1-10-28(38)42-36-21(2)23-13-18-35(30(39)40-9)20-19-33(7)24(29(23)35)11-12-26-32(6)16-15-27(41-22(3)37)31(4,5)25(32)14-17-34(26,33)8/h23-27,29H,10-20H2,1-9H3/b36-21+/t23-,24+,25-,26+,27-,29+,32-,33+,34+,35-/m0/s1. The second-order valence-corrected chi connectivity index (χ2v) is 16.0. The van der Waals surface area contributed by atoms with E-state index in [1.54, 1.807) is 6.92 Å². The molecule has 0 bridgehead atoms. The molecule has 5 rings (SSSR count). The first-order chi connectivity index (χ1) is 19.6. The quantitative estimate of drug-likeness (QED) is 0.144. The van der Waals surface area contributed by atoms with Gasteiger partial charge in [0, 0.05) is 24.7 Å². The largest absolute Gasteiger partial charge is 0.469 e. The van der Waals surface area contributed by atoms with Crippen LogP contribution in [0.15, 0.2) is 5.16 Å². The van der Waals surface area contributed by atoms with E-state index in [0.717, 1.165) is 69.9 Å². The van der Waals surface area contributed by atoms with Gasteiger partial charge in [-0.2, -0.15) is 0 Å². The van der Waals surface area contributed by atoms with Crippen molar-refractivity contribution >= 4 is 23.6 Å². The van der Waals surface area contributed by atoms with Gasteiger partial charge in [-0.15, -0.1) is 0 Å². The van der Waals surface area contributed by atoms with Crippen molar-refractivity contribution < 1.29 is 28.7 Å². The lowest BCUT2D eigenvalue weighted by Crippen LogP contribution is -2.67. The van der Waals surface area contributed by atoms with Crippen molar-refractivity contribution in [2.24, 2.45) is 61.8 Å². The summed E-state index contributed by atoms with van der Waals surface area (Å²) < 4.78 is 11.4. The van der Waals surface area contributed by atoms with Crippen molar-refractivity contribution in [1.82, 2.24) is 0 Å². The Balaban J connectivity index is 1.51. The number of esters is 2. The molecule has 0 aromatic carbocycles. The number of methoxy groups -OCH3 is 1. The maximum absolute atomic E-state index is 13.6. The SMILES string of the molecule is CCC(=O)O/N=C(\C)[C@@H]1CC[C@]2(C(=O)OC)CC[C@]3(C)[C@H](CC[C@@H]4[C@@]5(C)CC[C@H](OC(C)=O)C(C)(C)[C@@H]5CC[C@]43C)[C@@H]12. The summed E-state index contributed by atoms with van der Waals surface area (Å²) in [7, 11) is 1.54. The molecule has 0 spiro atoms. The molecular weight excluding hydrogens is 530 g/mol. The summed E-state index contributed by atoms with van der Waals surface area (Å²) >= 11 is 0. The fourth-order valence-electron chi connectivity index (χ4n) is 12.3. The zero-order valence-electron chi connectivity index (χ0n) is 27.6. The smallest absolute Gasteiger partial charge is 0.334 e. The fraction of sp³-hybridized carbons (Fsp3) is 0.886. The highest BCUT2D eigenvalue weighted by atomic mass is 16.7.